The Morgan fingerprint density at radius 2 is 1.78 bits per heavy atom. The monoisotopic (exact) mass is 392 g/mol. The Morgan fingerprint density at radius 3 is 2.44 bits per heavy atom. The molecular weight excluding hydrogens is 386 g/mol. The summed E-state index contributed by atoms with van der Waals surface area (Å²) in [6.45, 7) is 0.368. The van der Waals surface area contributed by atoms with E-state index in [4.69, 9.17) is 16.3 Å². The maximum absolute atomic E-state index is 13.3. The summed E-state index contributed by atoms with van der Waals surface area (Å²) in [7, 11) is 0. The summed E-state index contributed by atoms with van der Waals surface area (Å²) in [4.78, 5) is 0. The highest BCUT2D eigenvalue weighted by molar-refractivity contribution is 9.10. The second kappa shape index (κ2) is 6.04. The van der Waals surface area contributed by atoms with Gasteiger partial charge in [0.05, 0.1) is 9.50 Å². The first-order valence-electron chi connectivity index (χ1n) is 5.08. The molecule has 0 aliphatic carbocycles. The number of benzene rings is 2. The van der Waals surface area contributed by atoms with Crippen LogP contribution in [0, 0.1) is 5.82 Å². The summed E-state index contributed by atoms with van der Waals surface area (Å²) in [5.74, 6) is -0.0644. The maximum atomic E-state index is 13.3. The Hall–Kier alpha value is -0.580. The normalized spacial score (nSPS) is 10.4. The summed E-state index contributed by atoms with van der Waals surface area (Å²) in [5, 5.41) is 0.0675. The van der Waals surface area contributed by atoms with Gasteiger partial charge in [-0.15, -0.1) is 0 Å². The lowest BCUT2D eigenvalue weighted by Gasteiger charge is -2.09. The van der Waals surface area contributed by atoms with Crippen molar-refractivity contribution in [2.45, 2.75) is 6.61 Å². The molecule has 1 nitrogen and oxygen atoms in total. The smallest absolute Gasteiger partial charge is 0.145 e. The largest absolute Gasteiger partial charge is 0.488 e. The van der Waals surface area contributed by atoms with Crippen LogP contribution in [0.1, 0.15) is 5.56 Å². The lowest BCUT2D eigenvalue weighted by molar-refractivity contribution is 0.302. The fourth-order valence-electron chi connectivity index (χ4n) is 1.36. The Labute approximate surface area is 126 Å². The van der Waals surface area contributed by atoms with Crippen molar-refractivity contribution in [3.05, 3.63) is 61.7 Å². The molecule has 0 N–H and O–H groups in total. The average molecular weight is 394 g/mol. The van der Waals surface area contributed by atoms with Gasteiger partial charge < -0.3 is 4.74 Å². The van der Waals surface area contributed by atoms with Crippen molar-refractivity contribution < 1.29 is 9.13 Å². The van der Waals surface area contributed by atoms with E-state index >= 15 is 0 Å². The van der Waals surface area contributed by atoms with E-state index in [1.165, 1.54) is 12.1 Å². The second-order valence-electron chi connectivity index (χ2n) is 3.61. The molecule has 2 aromatic rings. The minimum atomic E-state index is -0.495. The molecule has 0 fully saturated rings. The standard InChI is InChI=1S/C13H8Br2ClFO/c14-9-3-1-8(2-4-9)7-18-13-6-12(17)11(16)5-10(13)15/h1-6H,7H2. The van der Waals surface area contributed by atoms with Gasteiger partial charge in [-0.05, 0) is 39.7 Å². The van der Waals surface area contributed by atoms with Gasteiger partial charge in [-0.25, -0.2) is 4.39 Å². The van der Waals surface area contributed by atoms with Gasteiger partial charge in [-0.1, -0.05) is 39.7 Å². The van der Waals surface area contributed by atoms with Crippen LogP contribution in [0.3, 0.4) is 0 Å². The second-order valence-corrected chi connectivity index (χ2v) is 5.79. The molecule has 2 aromatic carbocycles. The van der Waals surface area contributed by atoms with E-state index in [-0.39, 0.29) is 5.02 Å². The summed E-state index contributed by atoms with van der Waals surface area (Å²) in [5.41, 5.74) is 1.00. The van der Waals surface area contributed by atoms with Crippen LogP contribution >= 0.6 is 43.5 Å². The van der Waals surface area contributed by atoms with Gasteiger partial charge in [0.2, 0.25) is 0 Å². The lowest BCUT2D eigenvalue weighted by atomic mass is 10.2. The van der Waals surface area contributed by atoms with E-state index in [9.17, 15) is 4.39 Å². The summed E-state index contributed by atoms with van der Waals surface area (Å²) < 4.78 is 20.5. The molecule has 0 spiro atoms. The van der Waals surface area contributed by atoms with E-state index in [1.807, 2.05) is 24.3 Å². The van der Waals surface area contributed by atoms with Crippen LogP contribution in [0.4, 0.5) is 4.39 Å². The number of rotatable bonds is 3. The fraction of sp³-hybridized carbons (Fsp3) is 0.0769. The fourth-order valence-corrected chi connectivity index (χ4v) is 2.37. The molecule has 0 bridgehead atoms. The number of halogens is 4. The van der Waals surface area contributed by atoms with Crippen molar-refractivity contribution >= 4 is 43.5 Å². The molecule has 0 aromatic heterocycles. The highest BCUT2D eigenvalue weighted by Gasteiger charge is 2.08. The van der Waals surface area contributed by atoms with Gasteiger partial charge in [0.15, 0.2) is 0 Å². The van der Waals surface area contributed by atoms with Gasteiger partial charge in [0, 0.05) is 10.5 Å². The average Bonchev–Trinajstić information content (AvgIpc) is 2.34. The molecule has 0 aliphatic rings. The van der Waals surface area contributed by atoms with Gasteiger partial charge in [0.25, 0.3) is 0 Å². The minimum Gasteiger partial charge on any atom is -0.488 e. The predicted molar refractivity (Wildman–Crippen MR) is 77.6 cm³/mol. The molecule has 0 heterocycles. The van der Waals surface area contributed by atoms with Crippen molar-refractivity contribution in [1.82, 2.24) is 0 Å². The van der Waals surface area contributed by atoms with Gasteiger partial charge in [-0.3, -0.25) is 0 Å². The molecule has 0 saturated heterocycles. The molecule has 0 atom stereocenters. The first-order chi connectivity index (χ1) is 8.56. The zero-order valence-electron chi connectivity index (χ0n) is 9.09. The Morgan fingerprint density at radius 1 is 1.11 bits per heavy atom. The summed E-state index contributed by atoms with van der Waals surface area (Å²) >= 11 is 12.3. The molecule has 18 heavy (non-hydrogen) atoms. The van der Waals surface area contributed by atoms with E-state index < -0.39 is 5.82 Å². The highest BCUT2D eigenvalue weighted by Crippen LogP contribution is 2.31. The van der Waals surface area contributed by atoms with Crippen molar-refractivity contribution in [1.29, 1.82) is 0 Å². The lowest BCUT2D eigenvalue weighted by Crippen LogP contribution is -1.96. The number of hydrogen-bond acceptors (Lipinski definition) is 1. The van der Waals surface area contributed by atoms with Gasteiger partial charge in [0.1, 0.15) is 18.2 Å². The van der Waals surface area contributed by atoms with E-state index in [0.29, 0.717) is 16.8 Å². The van der Waals surface area contributed by atoms with Crippen molar-refractivity contribution in [3.63, 3.8) is 0 Å². The number of hydrogen-bond donors (Lipinski definition) is 0. The molecule has 0 saturated carbocycles. The van der Waals surface area contributed by atoms with E-state index in [0.717, 1.165) is 10.0 Å². The van der Waals surface area contributed by atoms with Crippen molar-refractivity contribution in [2.75, 3.05) is 0 Å². The first-order valence-corrected chi connectivity index (χ1v) is 7.04. The molecule has 0 aliphatic heterocycles. The van der Waals surface area contributed by atoms with Crippen LogP contribution < -0.4 is 4.74 Å². The quantitative estimate of drug-likeness (QED) is 0.617. The predicted octanol–water partition coefficient (Wildman–Crippen LogP) is 5.58. The third-order valence-electron chi connectivity index (χ3n) is 2.28. The molecule has 5 heteroatoms. The Balaban J connectivity index is 2.10. The zero-order chi connectivity index (χ0) is 13.1. The number of ether oxygens (including phenoxy) is 1. The zero-order valence-corrected chi connectivity index (χ0v) is 13.0. The van der Waals surface area contributed by atoms with Crippen molar-refractivity contribution in [3.8, 4) is 5.75 Å². The third kappa shape index (κ3) is 3.46. The Bertz CT molecular complexity index is 558. The third-order valence-corrected chi connectivity index (χ3v) is 3.72. The van der Waals surface area contributed by atoms with Crippen LogP contribution in [0.5, 0.6) is 5.75 Å². The van der Waals surface area contributed by atoms with Gasteiger partial charge >= 0.3 is 0 Å². The highest BCUT2D eigenvalue weighted by atomic mass is 79.9. The van der Waals surface area contributed by atoms with E-state index in [2.05, 4.69) is 31.9 Å². The molecular formula is C13H8Br2ClFO. The molecule has 94 valence electrons. The minimum absolute atomic E-state index is 0.0675. The summed E-state index contributed by atoms with van der Waals surface area (Å²) in [6.07, 6.45) is 0. The van der Waals surface area contributed by atoms with Crippen molar-refractivity contribution in [2.24, 2.45) is 0 Å². The molecule has 0 radical (unpaired) electrons. The van der Waals surface area contributed by atoms with Crippen LogP contribution in [-0.4, -0.2) is 0 Å². The van der Waals surface area contributed by atoms with Crippen LogP contribution in [0.2, 0.25) is 5.02 Å². The van der Waals surface area contributed by atoms with Gasteiger partial charge in [-0.2, -0.15) is 0 Å². The molecule has 0 amide bonds. The topological polar surface area (TPSA) is 9.23 Å². The van der Waals surface area contributed by atoms with Crippen LogP contribution in [0.25, 0.3) is 0 Å². The van der Waals surface area contributed by atoms with Crippen LogP contribution in [-0.2, 0) is 6.61 Å². The van der Waals surface area contributed by atoms with E-state index in [1.54, 1.807) is 0 Å². The summed E-state index contributed by atoms with van der Waals surface area (Å²) in [6, 6.07) is 10.5. The SMILES string of the molecule is Fc1cc(OCc2ccc(Br)cc2)c(Br)cc1Cl. The Kier molecular flexibility index (Phi) is 4.65. The maximum Gasteiger partial charge on any atom is 0.145 e. The molecule has 0 unspecified atom stereocenters. The van der Waals surface area contributed by atoms with Crippen LogP contribution in [0.15, 0.2) is 45.3 Å². The first kappa shape index (κ1) is 13.8. The molecule has 2 rings (SSSR count).